The third-order valence-corrected chi connectivity index (χ3v) is 5.97. The second-order valence-electron chi connectivity index (χ2n) is 7.47. The number of hydrogen-bond acceptors (Lipinski definition) is 7. The van der Waals surface area contributed by atoms with Crippen molar-refractivity contribution in [3.05, 3.63) is 90.3 Å². The lowest BCUT2D eigenvalue weighted by atomic mass is 10.2. The summed E-state index contributed by atoms with van der Waals surface area (Å²) in [5, 5.41) is 21.1. The van der Waals surface area contributed by atoms with Gasteiger partial charge in [-0.05, 0) is 67.6 Å². The zero-order valence-corrected chi connectivity index (χ0v) is 20.0. The number of nitrogens with zero attached hydrogens (tertiary/aromatic N) is 4. The molecular weight excluding hydrogens is 462 g/mol. The largest absolute Gasteiger partial charge is 0.497 e. The first-order chi connectivity index (χ1) is 17.1. The van der Waals surface area contributed by atoms with Crippen LogP contribution in [0.5, 0.6) is 11.5 Å². The van der Waals surface area contributed by atoms with Crippen LogP contribution in [0.2, 0.25) is 0 Å². The maximum absolute atomic E-state index is 12.5. The number of para-hydroxylation sites is 1. The summed E-state index contributed by atoms with van der Waals surface area (Å²) in [7, 11) is 1.62. The van der Waals surface area contributed by atoms with Gasteiger partial charge in [-0.25, -0.2) is 0 Å². The van der Waals surface area contributed by atoms with Crippen molar-refractivity contribution in [2.24, 2.45) is 0 Å². The number of nitrogens with one attached hydrogen (secondary N) is 1. The average Bonchev–Trinajstić information content (AvgIpc) is 3.33. The Kier molecular flexibility index (Phi) is 7.65. The smallest absolute Gasteiger partial charge is 0.234 e. The summed E-state index contributed by atoms with van der Waals surface area (Å²) in [6.07, 6.45) is -0.405. The molecule has 1 amide bonds. The molecular formula is C26H23N5O3S. The van der Waals surface area contributed by atoms with Crippen molar-refractivity contribution >= 4 is 23.4 Å². The predicted octanol–water partition coefficient (Wildman–Crippen LogP) is 5.02. The van der Waals surface area contributed by atoms with Gasteiger partial charge >= 0.3 is 0 Å². The summed E-state index contributed by atoms with van der Waals surface area (Å²) >= 11 is 1.28. The van der Waals surface area contributed by atoms with Crippen LogP contribution >= 0.6 is 11.8 Å². The van der Waals surface area contributed by atoms with Crippen LogP contribution in [0.15, 0.2) is 84.0 Å². The molecule has 9 heteroatoms. The van der Waals surface area contributed by atoms with Gasteiger partial charge in [-0.15, -0.1) is 10.2 Å². The van der Waals surface area contributed by atoms with E-state index in [0.717, 1.165) is 11.4 Å². The molecule has 0 aliphatic carbocycles. The molecule has 3 aromatic carbocycles. The van der Waals surface area contributed by atoms with E-state index in [2.05, 4.69) is 21.6 Å². The van der Waals surface area contributed by atoms with Gasteiger partial charge in [0, 0.05) is 11.4 Å². The quantitative estimate of drug-likeness (QED) is 0.332. The number of nitriles is 1. The summed E-state index contributed by atoms with van der Waals surface area (Å²) in [5.74, 6) is 1.99. The standard InChI is InChI=1S/C26H23N5O3S/c1-18(34-23-14-12-22(33-2)13-15-23)25-29-30-26(31(25)21-6-4-3-5-7-21)35-17-24(32)28-20-10-8-19(16-27)9-11-20/h3-15,18H,17H2,1-2H3,(H,28,32). The van der Waals surface area contributed by atoms with Crippen molar-refractivity contribution in [1.29, 1.82) is 5.26 Å². The molecule has 0 radical (unpaired) electrons. The zero-order valence-electron chi connectivity index (χ0n) is 19.2. The second kappa shape index (κ2) is 11.2. The van der Waals surface area contributed by atoms with E-state index in [-0.39, 0.29) is 11.7 Å². The lowest BCUT2D eigenvalue weighted by molar-refractivity contribution is -0.113. The number of aromatic nitrogens is 3. The monoisotopic (exact) mass is 485 g/mol. The highest BCUT2D eigenvalue weighted by Gasteiger charge is 2.21. The maximum atomic E-state index is 12.5. The molecule has 0 bridgehead atoms. The van der Waals surface area contributed by atoms with Crippen LogP contribution < -0.4 is 14.8 Å². The maximum Gasteiger partial charge on any atom is 0.234 e. The predicted molar refractivity (Wildman–Crippen MR) is 134 cm³/mol. The highest BCUT2D eigenvalue weighted by molar-refractivity contribution is 7.99. The van der Waals surface area contributed by atoms with E-state index in [9.17, 15) is 4.79 Å². The van der Waals surface area contributed by atoms with Crippen molar-refractivity contribution in [2.45, 2.75) is 18.2 Å². The normalized spacial score (nSPS) is 11.3. The van der Waals surface area contributed by atoms with Gasteiger partial charge in [0.1, 0.15) is 11.5 Å². The van der Waals surface area contributed by atoms with Crippen LogP contribution in [0.3, 0.4) is 0 Å². The van der Waals surface area contributed by atoms with Crippen molar-refractivity contribution < 1.29 is 14.3 Å². The molecule has 0 saturated heterocycles. The third kappa shape index (κ3) is 5.99. The Labute approximate surface area is 207 Å². The molecule has 1 N–H and O–H groups in total. The van der Waals surface area contributed by atoms with Crippen molar-refractivity contribution in [1.82, 2.24) is 14.8 Å². The lowest BCUT2D eigenvalue weighted by Crippen LogP contribution is -2.15. The Balaban J connectivity index is 1.50. The average molecular weight is 486 g/mol. The molecule has 35 heavy (non-hydrogen) atoms. The van der Waals surface area contributed by atoms with Gasteiger partial charge < -0.3 is 14.8 Å². The fourth-order valence-electron chi connectivity index (χ4n) is 3.32. The number of carbonyl (C=O) groups is 1. The SMILES string of the molecule is COc1ccc(OC(C)c2nnc(SCC(=O)Nc3ccc(C#N)cc3)n2-c2ccccc2)cc1. The molecule has 0 saturated carbocycles. The van der Waals surface area contributed by atoms with E-state index in [0.29, 0.717) is 28.0 Å². The number of methoxy groups -OCH3 is 1. The minimum Gasteiger partial charge on any atom is -0.497 e. The van der Waals surface area contributed by atoms with E-state index in [4.69, 9.17) is 14.7 Å². The Hall–Kier alpha value is -4.29. The van der Waals surface area contributed by atoms with Gasteiger partial charge in [0.25, 0.3) is 0 Å². The second-order valence-corrected chi connectivity index (χ2v) is 8.42. The number of thioether (sulfide) groups is 1. The zero-order chi connectivity index (χ0) is 24.6. The third-order valence-electron chi connectivity index (χ3n) is 5.04. The summed E-state index contributed by atoms with van der Waals surface area (Å²) in [6, 6.07) is 25.8. The molecule has 8 nitrogen and oxygen atoms in total. The van der Waals surface area contributed by atoms with Gasteiger partial charge in [0.2, 0.25) is 5.91 Å². The van der Waals surface area contributed by atoms with E-state index < -0.39 is 6.10 Å². The topological polar surface area (TPSA) is 102 Å². The first-order valence-corrected chi connectivity index (χ1v) is 11.8. The minimum atomic E-state index is -0.405. The molecule has 4 rings (SSSR count). The van der Waals surface area contributed by atoms with Gasteiger partial charge in [0.05, 0.1) is 24.5 Å². The van der Waals surface area contributed by atoms with Crippen LogP contribution in [0.25, 0.3) is 5.69 Å². The molecule has 0 aliphatic heterocycles. The van der Waals surface area contributed by atoms with Crippen molar-refractivity contribution in [3.8, 4) is 23.3 Å². The van der Waals surface area contributed by atoms with Crippen LogP contribution in [0.4, 0.5) is 5.69 Å². The number of anilines is 1. The molecule has 176 valence electrons. The molecule has 0 fully saturated rings. The Bertz CT molecular complexity index is 1320. The lowest BCUT2D eigenvalue weighted by Gasteiger charge is -2.17. The van der Waals surface area contributed by atoms with Crippen LogP contribution in [-0.2, 0) is 4.79 Å². The van der Waals surface area contributed by atoms with Gasteiger partial charge in [0.15, 0.2) is 17.1 Å². The summed E-state index contributed by atoms with van der Waals surface area (Å²) in [6.45, 7) is 1.90. The molecule has 1 atom stereocenters. The molecule has 1 aromatic heterocycles. The van der Waals surface area contributed by atoms with Crippen LogP contribution in [0.1, 0.15) is 24.4 Å². The van der Waals surface area contributed by atoms with Crippen molar-refractivity contribution in [3.63, 3.8) is 0 Å². The number of benzene rings is 3. The van der Waals surface area contributed by atoms with E-state index in [1.165, 1.54) is 11.8 Å². The molecule has 0 spiro atoms. The first kappa shape index (κ1) is 23.9. The number of hydrogen-bond donors (Lipinski definition) is 1. The Morgan fingerprint density at radius 3 is 2.37 bits per heavy atom. The number of ether oxygens (including phenoxy) is 2. The number of amides is 1. The van der Waals surface area contributed by atoms with Gasteiger partial charge in [-0.3, -0.25) is 9.36 Å². The first-order valence-electron chi connectivity index (χ1n) is 10.8. The van der Waals surface area contributed by atoms with Gasteiger partial charge in [-0.1, -0.05) is 30.0 Å². The summed E-state index contributed by atoms with van der Waals surface area (Å²) < 4.78 is 13.2. The van der Waals surface area contributed by atoms with E-state index in [1.54, 1.807) is 31.4 Å². The molecule has 1 unspecified atom stereocenters. The fraction of sp³-hybridized carbons (Fsp3) is 0.154. The van der Waals surface area contributed by atoms with Crippen LogP contribution in [0, 0.1) is 11.3 Å². The molecule has 4 aromatic rings. The highest BCUT2D eigenvalue weighted by Crippen LogP contribution is 2.28. The number of carbonyl (C=O) groups excluding carboxylic acids is 1. The fourth-order valence-corrected chi connectivity index (χ4v) is 4.08. The Morgan fingerprint density at radius 2 is 1.71 bits per heavy atom. The van der Waals surface area contributed by atoms with E-state index >= 15 is 0 Å². The number of rotatable bonds is 9. The Morgan fingerprint density at radius 1 is 1.03 bits per heavy atom. The highest BCUT2D eigenvalue weighted by atomic mass is 32.2. The molecule has 1 heterocycles. The minimum absolute atomic E-state index is 0.138. The summed E-state index contributed by atoms with van der Waals surface area (Å²) in [4.78, 5) is 12.5. The van der Waals surface area contributed by atoms with E-state index in [1.807, 2.05) is 66.1 Å². The molecule has 0 aliphatic rings. The van der Waals surface area contributed by atoms with Crippen LogP contribution in [-0.4, -0.2) is 33.5 Å². The summed E-state index contributed by atoms with van der Waals surface area (Å²) in [5.41, 5.74) is 2.03. The van der Waals surface area contributed by atoms with Gasteiger partial charge in [-0.2, -0.15) is 5.26 Å². The van der Waals surface area contributed by atoms with Crippen molar-refractivity contribution in [2.75, 3.05) is 18.2 Å².